The first-order valence-electron chi connectivity index (χ1n) is 7.55. The molecule has 2 N–H and O–H groups in total. The zero-order valence-corrected chi connectivity index (χ0v) is 12.7. The van der Waals surface area contributed by atoms with E-state index in [0.717, 1.165) is 31.5 Å². The summed E-state index contributed by atoms with van der Waals surface area (Å²) in [5.41, 5.74) is 0. The summed E-state index contributed by atoms with van der Waals surface area (Å²) in [7, 11) is 0. The minimum Gasteiger partial charge on any atom is -0.356 e. The second-order valence-electron chi connectivity index (χ2n) is 5.53. The molecule has 0 spiro atoms. The van der Waals surface area contributed by atoms with Gasteiger partial charge in [-0.15, -0.1) is 5.10 Å². The van der Waals surface area contributed by atoms with Crippen LogP contribution in [0.15, 0.2) is 0 Å². The molecule has 1 aliphatic rings. The second kappa shape index (κ2) is 7.19. The van der Waals surface area contributed by atoms with Crippen molar-refractivity contribution in [1.29, 1.82) is 0 Å². The highest BCUT2D eigenvalue weighted by Gasteiger charge is 2.25. The minimum absolute atomic E-state index is 0.00215. The number of carbonyl (C=O) groups excluding carboxylic acids is 2. The fourth-order valence-electron chi connectivity index (χ4n) is 2.51. The molecule has 1 fully saturated rings. The molecule has 7 nitrogen and oxygen atoms in total. The lowest BCUT2D eigenvalue weighted by Crippen LogP contribution is -2.41. The highest BCUT2D eigenvalue weighted by Crippen LogP contribution is 2.17. The maximum absolute atomic E-state index is 12.3. The maximum Gasteiger partial charge on any atom is 0.293 e. The van der Waals surface area contributed by atoms with Gasteiger partial charge in [0.15, 0.2) is 0 Å². The van der Waals surface area contributed by atoms with E-state index in [2.05, 4.69) is 27.4 Å². The van der Waals surface area contributed by atoms with Crippen molar-refractivity contribution in [2.45, 2.75) is 39.5 Å². The van der Waals surface area contributed by atoms with Gasteiger partial charge in [-0.1, -0.05) is 6.92 Å². The Hall–Kier alpha value is -1.92. The van der Waals surface area contributed by atoms with Crippen molar-refractivity contribution in [3.8, 4) is 0 Å². The van der Waals surface area contributed by atoms with Gasteiger partial charge in [0.25, 0.3) is 5.91 Å². The van der Waals surface area contributed by atoms with E-state index in [4.69, 9.17) is 0 Å². The van der Waals surface area contributed by atoms with Crippen LogP contribution in [0.25, 0.3) is 0 Å². The molecule has 0 aromatic carbocycles. The van der Waals surface area contributed by atoms with E-state index >= 15 is 0 Å². The average molecular weight is 293 g/mol. The molecule has 0 radical (unpaired) electrons. The highest BCUT2D eigenvalue weighted by atomic mass is 16.2. The summed E-state index contributed by atoms with van der Waals surface area (Å²) in [6.45, 7) is 5.67. The Labute approximate surface area is 124 Å². The largest absolute Gasteiger partial charge is 0.356 e. The number of aromatic amines is 1. The summed E-state index contributed by atoms with van der Waals surface area (Å²) < 4.78 is 0. The number of hydrogen-bond donors (Lipinski definition) is 2. The molecule has 0 unspecified atom stereocenters. The van der Waals surface area contributed by atoms with E-state index in [1.165, 1.54) is 6.92 Å². The number of nitrogens with zero attached hydrogens (tertiary/aromatic N) is 3. The Bertz CT molecular complexity index is 491. The van der Waals surface area contributed by atoms with Gasteiger partial charge >= 0.3 is 0 Å². The molecular weight excluding hydrogens is 270 g/mol. The molecule has 2 amide bonds. The van der Waals surface area contributed by atoms with Crippen molar-refractivity contribution in [3.05, 3.63) is 11.6 Å². The van der Waals surface area contributed by atoms with Gasteiger partial charge in [0, 0.05) is 33.0 Å². The van der Waals surface area contributed by atoms with Crippen LogP contribution in [0, 0.1) is 5.92 Å². The molecule has 2 heterocycles. The third kappa shape index (κ3) is 4.27. The molecule has 2 rings (SSSR count). The first-order valence-corrected chi connectivity index (χ1v) is 7.55. The van der Waals surface area contributed by atoms with Crippen molar-refractivity contribution in [2.24, 2.45) is 5.92 Å². The molecule has 1 aromatic heterocycles. The molecule has 1 saturated heterocycles. The summed E-state index contributed by atoms with van der Waals surface area (Å²) in [6, 6.07) is 0. The molecule has 1 aromatic rings. The van der Waals surface area contributed by atoms with Gasteiger partial charge in [-0.3, -0.25) is 14.7 Å². The summed E-state index contributed by atoms with van der Waals surface area (Å²) in [5.74, 6) is 1.37. The topological polar surface area (TPSA) is 91.0 Å². The van der Waals surface area contributed by atoms with Crippen molar-refractivity contribution in [1.82, 2.24) is 25.4 Å². The smallest absolute Gasteiger partial charge is 0.293 e. The number of aryl methyl sites for hydroxylation is 1. The van der Waals surface area contributed by atoms with Gasteiger partial charge in [0.2, 0.25) is 11.7 Å². The van der Waals surface area contributed by atoms with Gasteiger partial charge in [0.1, 0.15) is 5.82 Å². The molecule has 0 atom stereocenters. The standard InChI is InChI=1S/C14H23N5O2/c1-3-4-12-16-13(18-17-12)14(21)19-7-5-11(6-8-19)9-15-10(2)20/h11H,3-9H2,1-2H3,(H,15,20)(H,16,17,18). The number of nitrogens with one attached hydrogen (secondary N) is 2. The number of likely N-dealkylation sites (tertiary alicyclic amines) is 1. The molecule has 1 aliphatic heterocycles. The van der Waals surface area contributed by atoms with Crippen LogP contribution in [0.4, 0.5) is 0 Å². The molecule has 21 heavy (non-hydrogen) atoms. The van der Waals surface area contributed by atoms with Crippen LogP contribution >= 0.6 is 0 Å². The highest BCUT2D eigenvalue weighted by molar-refractivity contribution is 5.90. The predicted octanol–water partition coefficient (Wildman–Crippen LogP) is 0.746. The summed E-state index contributed by atoms with van der Waals surface area (Å²) in [6.07, 6.45) is 3.58. The van der Waals surface area contributed by atoms with Gasteiger partial charge in [-0.05, 0) is 25.2 Å². The first kappa shape index (κ1) is 15.5. The number of carbonyl (C=O) groups is 2. The Balaban J connectivity index is 1.83. The monoisotopic (exact) mass is 293 g/mol. The summed E-state index contributed by atoms with van der Waals surface area (Å²) in [5, 5.41) is 9.65. The molecule has 0 aliphatic carbocycles. The number of piperidine rings is 1. The first-order chi connectivity index (χ1) is 10.1. The van der Waals surface area contributed by atoms with Crippen LogP contribution in [-0.4, -0.2) is 51.5 Å². The van der Waals surface area contributed by atoms with Crippen LogP contribution in [0.3, 0.4) is 0 Å². The van der Waals surface area contributed by atoms with Gasteiger partial charge in [-0.2, -0.15) is 0 Å². The Morgan fingerprint density at radius 3 is 2.71 bits per heavy atom. The number of rotatable bonds is 5. The molecule has 116 valence electrons. The Morgan fingerprint density at radius 1 is 1.38 bits per heavy atom. The van der Waals surface area contributed by atoms with E-state index < -0.39 is 0 Å². The fraction of sp³-hybridized carbons (Fsp3) is 0.714. The molecule has 0 bridgehead atoms. The lowest BCUT2D eigenvalue weighted by Gasteiger charge is -2.31. The number of aromatic nitrogens is 3. The van der Waals surface area contributed by atoms with Crippen molar-refractivity contribution in [3.63, 3.8) is 0 Å². The maximum atomic E-state index is 12.3. The van der Waals surface area contributed by atoms with Crippen molar-refractivity contribution >= 4 is 11.8 Å². The average Bonchev–Trinajstić information content (AvgIpc) is 2.94. The van der Waals surface area contributed by atoms with Crippen LogP contribution in [-0.2, 0) is 11.2 Å². The Morgan fingerprint density at radius 2 is 2.10 bits per heavy atom. The zero-order valence-electron chi connectivity index (χ0n) is 12.7. The van der Waals surface area contributed by atoms with Crippen LogP contribution in [0.2, 0.25) is 0 Å². The van der Waals surface area contributed by atoms with Gasteiger partial charge < -0.3 is 10.2 Å². The normalized spacial score (nSPS) is 16.0. The quantitative estimate of drug-likeness (QED) is 0.838. The lowest BCUT2D eigenvalue weighted by atomic mass is 9.96. The molecular formula is C14H23N5O2. The number of H-pyrrole nitrogens is 1. The third-order valence-electron chi connectivity index (χ3n) is 3.75. The number of amides is 2. The van der Waals surface area contributed by atoms with Gasteiger partial charge in [0.05, 0.1) is 0 Å². The Kier molecular flexibility index (Phi) is 5.30. The number of hydrogen-bond acceptors (Lipinski definition) is 4. The van der Waals surface area contributed by atoms with Crippen molar-refractivity contribution in [2.75, 3.05) is 19.6 Å². The SMILES string of the molecule is CCCc1nc(C(=O)N2CCC(CNC(C)=O)CC2)n[nH]1. The second-order valence-corrected chi connectivity index (χ2v) is 5.53. The van der Waals surface area contributed by atoms with Crippen LogP contribution in [0.5, 0.6) is 0 Å². The minimum atomic E-state index is -0.105. The van der Waals surface area contributed by atoms with E-state index in [0.29, 0.717) is 25.6 Å². The summed E-state index contributed by atoms with van der Waals surface area (Å²) >= 11 is 0. The van der Waals surface area contributed by atoms with Gasteiger partial charge in [-0.25, -0.2) is 4.98 Å². The molecule has 7 heteroatoms. The van der Waals surface area contributed by atoms with Crippen LogP contribution < -0.4 is 5.32 Å². The van der Waals surface area contributed by atoms with Crippen molar-refractivity contribution < 1.29 is 9.59 Å². The van der Waals surface area contributed by atoms with E-state index in [1.807, 2.05) is 0 Å². The van der Waals surface area contributed by atoms with E-state index in [9.17, 15) is 9.59 Å². The predicted molar refractivity (Wildman–Crippen MR) is 77.7 cm³/mol. The third-order valence-corrected chi connectivity index (χ3v) is 3.75. The lowest BCUT2D eigenvalue weighted by molar-refractivity contribution is -0.119. The van der Waals surface area contributed by atoms with Crippen LogP contribution in [0.1, 0.15) is 49.6 Å². The summed E-state index contributed by atoms with van der Waals surface area (Å²) in [4.78, 5) is 29.2. The molecule has 0 saturated carbocycles. The zero-order chi connectivity index (χ0) is 15.2. The fourth-order valence-corrected chi connectivity index (χ4v) is 2.51. The van der Waals surface area contributed by atoms with E-state index in [-0.39, 0.29) is 17.6 Å². The van der Waals surface area contributed by atoms with E-state index in [1.54, 1.807) is 4.90 Å².